The highest BCUT2D eigenvalue weighted by atomic mass is 35.5. The van der Waals surface area contributed by atoms with E-state index in [1.807, 2.05) is 32.9 Å². The molecule has 3 N–H and O–H groups in total. The van der Waals surface area contributed by atoms with Crippen molar-refractivity contribution in [3.63, 3.8) is 0 Å². The monoisotopic (exact) mass is 292 g/mol. The van der Waals surface area contributed by atoms with Crippen LogP contribution in [0.15, 0.2) is 30.5 Å². The second-order valence-corrected chi connectivity index (χ2v) is 5.93. The lowest BCUT2D eigenvalue weighted by Crippen LogP contribution is -2.28. The highest BCUT2D eigenvalue weighted by molar-refractivity contribution is 6.30. The summed E-state index contributed by atoms with van der Waals surface area (Å²) in [6, 6.07) is 7.32. The number of carbonyl (C=O) groups is 1. The van der Waals surface area contributed by atoms with Gasteiger partial charge < -0.3 is 10.6 Å². The van der Waals surface area contributed by atoms with Crippen molar-refractivity contribution in [2.75, 3.05) is 10.6 Å². The summed E-state index contributed by atoms with van der Waals surface area (Å²) in [6.45, 7) is 5.55. The molecule has 106 valence electrons. The molecule has 0 saturated heterocycles. The van der Waals surface area contributed by atoms with Gasteiger partial charge in [-0.15, -0.1) is 0 Å². The number of amides is 1. The van der Waals surface area contributed by atoms with E-state index in [2.05, 4.69) is 20.8 Å². The van der Waals surface area contributed by atoms with Gasteiger partial charge in [0.1, 0.15) is 5.69 Å². The maximum atomic E-state index is 12.0. The molecule has 2 aromatic rings. The lowest BCUT2D eigenvalue weighted by Gasteiger charge is -2.17. The Balaban J connectivity index is 2.15. The third kappa shape index (κ3) is 3.51. The largest absolute Gasteiger partial charge is 0.351 e. The van der Waals surface area contributed by atoms with E-state index in [0.29, 0.717) is 16.5 Å². The van der Waals surface area contributed by atoms with Crippen LogP contribution in [0.2, 0.25) is 5.02 Å². The number of benzene rings is 1. The molecule has 0 atom stereocenters. The maximum absolute atomic E-state index is 12.0. The highest BCUT2D eigenvalue weighted by Gasteiger charge is 2.22. The predicted octanol–water partition coefficient (Wildman–Crippen LogP) is 3.79. The van der Waals surface area contributed by atoms with E-state index in [0.717, 1.165) is 5.69 Å². The molecule has 1 heterocycles. The second-order valence-electron chi connectivity index (χ2n) is 5.50. The number of nitrogens with one attached hydrogen (secondary N) is 3. The molecule has 20 heavy (non-hydrogen) atoms. The Morgan fingerprint density at radius 1 is 1.35 bits per heavy atom. The van der Waals surface area contributed by atoms with E-state index >= 15 is 0 Å². The van der Waals surface area contributed by atoms with E-state index in [4.69, 9.17) is 11.6 Å². The number of nitrogens with zero attached hydrogens (tertiary/aromatic N) is 1. The fourth-order valence-electron chi connectivity index (χ4n) is 1.50. The zero-order chi connectivity index (χ0) is 14.8. The highest BCUT2D eigenvalue weighted by Crippen LogP contribution is 2.26. The van der Waals surface area contributed by atoms with Crippen molar-refractivity contribution >= 4 is 34.7 Å². The van der Waals surface area contributed by atoms with Gasteiger partial charge in [0.15, 0.2) is 5.82 Å². The van der Waals surface area contributed by atoms with Gasteiger partial charge in [-0.25, -0.2) is 0 Å². The predicted molar refractivity (Wildman–Crippen MR) is 81.4 cm³/mol. The van der Waals surface area contributed by atoms with Crippen LogP contribution in [0.3, 0.4) is 0 Å². The molecule has 1 aromatic carbocycles. The number of H-pyrrole nitrogens is 1. The van der Waals surface area contributed by atoms with Crippen LogP contribution in [0.5, 0.6) is 0 Å². The van der Waals surface area contributed by atoms with E-state index in [1.54, 1.807) is 18.3 Å². The first-order chi connectivity index (χ1) is 9.36. The fourth-order valence-corrected chi connectivity index (χ4v) is 1.69. The number of hydrogen-bond donors (Lipinski definition) is 3. The maximum Gasteiger partial charge on any atom is 0.230 e. The zero-order valence-corrected chi connectivity index (χ0v) is 12.4. The molecule has 0 bridgehead atoms. The Morgan fingerprint density at radius 3 is 2.75 bits per heavy atom. The summed E-state index contributed by atoms with van der Waals surface area (Å²) in [5.41, 5.74) is 1.04. The van der Waals surface area contributed by atoms with Crippen molar-refractivity contribution in [3.05, 3.63) is 35.5 Å². The first kappa shape index (κ1) is 14.4. The summed E-state index contributed by atoms with van der Waals surface area (Å²) in [5, 5.41) is 13.3. The smallest absolute Gasteiger partial charge is 0.230 e. The number of aromatic amines is 1. The topological polar surface area (TPSA) is 69.8 Å². The minimum atomic E-state index is -0.474. The van der Waals surface area contributed by atoms with Crippen LogP contribution < -0.4 is 10.6 Å². The molecule has 0 aliphatic rings. The number of halogens is 1. The number of carbonyl (C=O) groups excluding carboxylic acids is 1. The van der Waals surface area contributed by atoms with Gasteiger partial charge in [-0.3, -0.25) is 9.89 Å². The van der Waals surface area contributed by atoms with Crippen molar-refractivity contribution in [1.82, 2.24) is 10.2 Å². The van der Waals surface area contributed by atoms with Crippen LogP contribution >= 0.6 is 11.6 Å². The summed E-state index contributed by atoms with van der Waals surface area (Å²) in [4.78, 5) is 12.0. The summed E-state index contributed by atoms with van der Waals surface area (Å²) < 4.78 is 0. The number of hydrogen-bond acceptors (Lipinski definition) is 3. The molecule has 2 rings (SSSR count). The second kappa shape index (κ2) is 5.54. The molecule has 0 fully saturated rings. The Kier molecular flexibility index (Phi) is 3.99. The van der Waals surface area contributed by atoms with Crippen molar-refractivity contribution in [1.29, 1.82) is 0 Å². The van der Waals surface area contributed by atoms with Crippen LogP contribution in [-0.4, -0.2) is 16.1 Å². The molecule has 1 amide bonds. The standard InChI is InChI=1S/C14H17ClN4O/c1-14(2,3)13(20)18-12-11(8-16-19-12)17-10-6-4-5-9(15)7-10/h4-8,17H,1-3H3,(H2,16,18,19,20). The normalized spacial score (nSPS) is 11.2. The lowest BCUT2D eigenvalue weighted by molar-refractivity contribution is -0.123. The van der Waals surface area contributed by atoms with Gasteiger partial charge in [-0.1, -0.05) is 38.4 Å². The van der Waals surface area contributed by atoms with Crippen LogP contribution in [0.4, 0.5) is 17.2 Å². The zero-order valence-electron chi connectivity index (χ0n) is 11.6. The van der Waals surface area contributed by atoms with Gasteiger partial charge in [0.25, 0.3) is 0 Å². The van der Waals surface area contributed by atoms with E-state index < -0.39 is 5.41 Å². The van der Waals surface area contributed by atoms with E-state index in [-0.39, 0.29) is 5.91 Å². The fraction of sp³-hybridized carbons (Fsp3) is 0.286. The average Bonchev–Trinajstić information content (AvgIpc) is 2.75. The third-order valence-electron chi connectivity index (χ3n) is 2.66. The van der Waals surface area contributed by atoms with Gasteiger partial charge in [0, 0.05) is 16.1 Å². The summed E-state index contributed by atoms with van der Waals surface area (Å²) >= 11 is 5.94. The summed E-state index contributed by atoms with van der Waals surface area (Å²) in [7, 11) is 0. The Morgan fingerprint density at radius 2 is 2.10 bits per heavy atom. The molecule has 0 aliphatic carbocycles. The van der Waals surface area contributed by atoms with Crippen LogP contribution in [-0.2, 0) is 4.79 Å². The van der Waals surface area contributed by atoms with E-state index in [9.17, 15) is 4.79 Å². The van der Waals surface area contributed by atoms with Crippen LogP contribution in [0.1, 0.15) is 20.8 Å². The van der Waals surface area contributed by atoms with Crippen molar-refractivity contribution in [3.8, 4) is 0 Å². The van der Waals surface area contributed by atoms with Gasteiger partial charge in [0.05, 0.1) is 6.20 Å². The Labute approximate surface area is 122 Å². The quantitative estimate of drug-likeness (QED) is 0.806. The van der Waals surface area contributed by atoms with Crippen molar-refractivity contribution in [2.45, 2.75) is 20.8 Å². The molecule has 0 saturated carbocycles. The van der Waals surface area contributed by atoms with Gasteiger partial charge in [-0.05, 0) is 18.2 Å². The third-order valence-corrected chi connectivity index (χ3v) is 2.90. The first-order valence-electron chi connectivity index (χ1n) is 6.23. The minimum absolute atomic E-state index is 0.0871. The van der Waals surface area contributed by atoms with Crippen LogP contribution in [0, 0.1) is 5.41 Å². The molecule has 0 spiro atoms. The van der Waals surface area contributed by atoms with Crippen LogP contribution in [0.25, 0.3) is 0 Å². The summed E-state index contributed by atoms with van der Waals surface area (Å²) in [5.74, 6) is 0.445. The van der Waals surface area contributed by atoms with E-state index in [1.165, 1.54) is 0 Å². The van der Waals surface area contributed by atoms with Gasteiger partial charge >= 0.3 is 0 Å². The average molecular weight is 293 g/mol. The molecule has 5 nitrogen and oxygen atoms in total. The number of anilines is 3. The first-order valence-corrected chi connectivity index (χ1v) is 6.61. The lowest BCUT2D eigenvalue weighted by atomic mass is 9.96. The molecule has 0 unspecified atom stereocenters. The molecule has 0 radical (unpaired) electrons. The Bertz CT molecular complexity index is 616. The number of aromatic nitrogens is 2. The molecule has 1 aromatic heterocycles. The Hall–Kier alpha value is -2.01. The molecule has 0 aliphatic heterocycles. The minimum Gasteiger partial charge on any atom is -0.351 e. The van der Waals surface area contributed by atoms with Crippen molar-refractivity contribution in [2.24, 2.45) is 5.41 Å². The summed E-state index contributed by atoms with van der Waals surface area (Å²) in [6.07, 6.45) is 1.61. The van der Waals surface area contributed by atoms with Gasteiger partial charge in [0.2, 0.25) is 5.91 Å². The molecular weight excluding hydrogens is 276 g/mol. The molecular formula is C14H17ClN4O. The molecule has 6 heteroatoms. The SMILES string of the molecule is CC(C)(C)C(=O)Nc1[nH]ncc1Nc1cccc(Cl)c1. The van der Waals surface area contributed by atoms with Crippen molar-refractivity contribution < 1.29 is 4.79 Å². The van der Waals surface area contributed by atoms with Gasteiger partial charge in [-0.2, -0.15) is 5.10 Å². The number of rotatable bonds is 3.